The highest BCUT2D eigenvalue weighted by Gasteiger charge is 2.51. The first-order valence-electron chi connectivity index (χ1n) is 13.7. The van der Waals surface area contributed by atoms with Gasteiger partial charge in [-0.2, -0.15) is 0 Å². The van der Waals surface area contributed by atoms with Crippen LogP contribution in [-0.4, -0.2) is 138 Å². The molecule has 2 aliphatic rings. The first-order chi connectivity index (χ1) is 21.8. The Hall–Kier alpha value is -3.95. The Balaban J connectivity index is 1.53. The number of hydrogen-bond acceptors (Lipinski definition) is 18. The lowest BCUT2D eigenvalue weighted by Gasteiger charge is -2.45. The largest absolute Gasteiger partial charge is 0.504 e. The molecule has 252 valence electrons. The van der Waals surface area contributed by atoms with Crippen LogP contribution in [0.1, 0.15) is 0 Å². The van der Waals surface area contributed by atoms with Crippen molar-refractivity contribution in [3.63, 3.8) is 0 Å². The van der Waals surface area contributed by atoms with Crippen LogP contribution in [-0.2, 0) is 14.2 Å². The molecule has 0 unspecified atom stereocenters. The van der Waals surface area contributed by atoms with Crippen LogP contribution in [0.4, 0.5) is 0 Å². The minimum Gasteiger partial charge on any atom is -0.504 e. The van der Waals surface area contributed by atoms with Gasteiger partial charge in [0.05, 0.1) is 20.3 Å². The number of phenolic OH excluding ortho intramolecular Hbond substituents is 4. The summed E-state index contributed by atoms with van der Waals surface area (Å²) >= 11 is 0. The monoisotopic (exact) mass is 656 g/mol. The molecule has 2 aliphatic heterocycles. The van der Waals surface area contributed by atoms with Gasteiger partial charge in [-0.25, -0.2) is 0 Å². The SMILES string of the molecule is COc1c(O)cc2oc(-c3ccc(O)c(O)c3)c(O[C@@H]3O[C@@H](CO)[C@@H](O[C@H]4O[C@@H](CO)[C@H](O)[C@H](O)[C@@H]4O)[C@@H](O)[C@@H]3O)c(=O)c2c1O. The number of hydrogen-bond donors (Lipinski definition) is 11. The van der Waals surface area contributed by atoms with Crippen LogP contribution in [0, 0.1) is 0 Å². The van der Waals surface area contributed by atoms with Gasteiger partial charge < -0.3 is 84.3 Å². The molecule has 0 spiro atoms. The van der Waals surface area contributed by atoms with Gasteiger partial charge >= 0.3 is 0 Å². The number of phenols is 4. The maximum Gasteiger partial charge on any atom is 0.239 e. The average molecular weight is 657 g/mol. The number of methoxy groups -OCH3 is 1. The third-order valence-corrected chi connectivity index (χ3v) is 7.69. The molecule has 2 saturated heterocycles. The van der Waals surface area contributed by atoms with Gasteiger partial charge in [0.25, 0.3) is 0 Å². The Kier molecular flexibility index (Phi) is 9.47. The third kappa shape index (κ3) is 5.75. The molecule has 0 radical (unpaired) electrons. The Morgan fingerprint density at radius 3 is 2.02 bits per heavy atom. The van der Waals surface area contributed by atoms with Crippen LogP contribution in [0.2, 0.25) is 0 Å². The van der Waals surface area contributed by atoms with Crippen LogP contribution in [0.5, 0.6) is 34.5 Å². The quantitative estimate of drug-likeness (QED) is 0.110. The topological polar surface area (TPSA) is 299 Å². The summed E-state index contributed by atoms with van der Waals surface area (Å²) in [5.74, 6) is -4.32. The zero-order valence-corrected chi connectivity index (χ0v) is 23.8. The number of aliphatic hydroxyl groups excluding tert-OH is 7. The van der Waals surface area contributed by atoms with Crippen molar-refractivity contribution >= 4 is 11.0 Å². The molecule has 0 amide bonds. The van der Waals surface area contributed by atoms with Crippen LogP contribution >= 0.6 is 0 Å². The second-order valence-electron chi connectivity index (χ2n) is 10.6. The van der Waals surface area contributed by atoms with Crippen molar-refractivity contribution in [2.75, 3.05) is 20.3 Å². The third-order valence-electron chi connectivity index (χ3n) is 7.69. The lowest BCUT2D eigenvalue weighted by atomic mass is 9.97. The van der Waals surface area contributed by atoms with Gasteiger partial charge in [0.2, 0.25) is 23.2 Å². The molecular weight excluding hydrogens is 624 g/mol. The molecule has 18 nitrogen and oxygen atoms in total. The van der Waals surface area contributed by atoms with E-state index >= 15 is 0 Å². The fourth-order valence-corrected chi connectivity index (χ4v) is 5.22. The zero-order valence-electron chi connectivity index (χ0n) is 23.8. The van der Waals surface area contributed by atoms with Crippen molar-refractivity contribution in [3.8, 4) is 45.8 Å². The highest BCUT2D eigenvalue weighted by Crippen LogP contribution is 2.44. The summed E-state index contributed by atoms with van der Waals surface area (Å²) in [7, 11) is 1.11. The van der Waals surface area contributed by atoms with E-state index in [2.05, 4.69) is 0 Å². The van der Waals surface area contributed by atoms with E-state index in [0.29, 0.717) is 0 Å². The fourth-order valence-electron chi connectivity index (χ4n) is 5.22. The van der Waals surface area contributed by atoms with Gasteiger partial charge in [0.1, 0.15) is 59.8 Å². The first kappa shape index (κ1) is 33.4. The molecule has 3 heterocycles. The van der Waals surface area contributed by atoms with E-state index < -0.39 is 126 Å². The molecule has 5 rings (SSSR count). The van der Waals surface area contributed by atoms with Gasteiger partial charge in [-0.1, -0.05) is 0 Å². The van der Waals surface area contributed by atoms with Gasteiger partial charge in [-0.3, -0.25) is 4.79 Å². The smallest absolute Gasteiger partial charge is 0.239 e. The molecule has 46 heavy (non-hydrogen) atoms. The number of rotatable bonds is 8. The highest BCUT2D eigenvalue weighted by atomic mass is 16.7. The highest BCUT2D eigenvalue weighted by molar-refractivity contribution is 5.91. The van der Waals surface area contributed by atoms with Crippen molar-refractivity contribution in [1.82, 2.24) is 0 Å². The molecule has 3 aromatic rings. The molecule has 1 aromatic heterocycles. The minimum absolute atomic E-state index is 0.0764. The van der Waals surface area contributed by atoms with E-state index in [-0.39, 0.29) is 11.1 Å². The van der Waals surface area contributed by atoms with E-state index in [1.54, 1.807) is 0 Å². The standard InChI is InChI=1S/C28H32O18/c1-41-24-11(33)5-12-15(17(24)35)18(36)26(23(42-12)8-2-3-9(31)10(32)4-8)46-28-22(40)20(38)25(14(7-30)44-28)45-27-21(39)19(37)16(34)13(6-29)43-27/h2-5,13-14,16,19-22,25,27-35,37-40H,6-7H2,1H3/t13-,14-,16-,19-,20-,21-,22-,25+,27+,28-/m0/s1. The van der Waals surface area contributed by atoms with E-state index in [9.17, 15) is 61.0 Å². The van der Waals surface area contributed by atoms with Gasteiger partial charge in [0, 0.05) is 11.6 Å². The predicted octanol–water partition coefficient (Wildman–Crippen LogP) is -2.71. The second kappa shape index (κ2) is 13.0. The van der Waals surface area contributed by atoms with Crippen LogP contribution in [0.3, 0.4) is 0 Å². The fraction of sp³-hybridized carbons (Fsp3) is 0.464. The van der Waals surface area contributed by atoms with Crippen molar-refractivity contribution in [1.29, 1.82) is 0 Å². The Morgan fingerprint density at radius 1 is 0.739 bits per heavy atom. The van der Waals surface area contributed by atoms with E-state index in [1.165, 1.54) is 6.07 Å². The van der Waals surface area contributed by atoms with Crippen LogP contribution < -0.4 is 14.9 Å². The van der Waals surface area contributed by atoms with Gasteiger partial charge in [-0.05, 0) is 18.2 Å². The summed E-state index contributed by atoms with van der Waals surface area (Å²) in [5, 5.41) is 112. The summed E-state index contributed by atoms with van der Waals surface area (Å²) in [6, 6.07) is 4.22. The number of aromatic hydroxyl groups is 4. The number of aliphatic hydroxyl groups is 7. The summed E-state index contributed by atoms with van der Waals surface area (Å²) in [5.41, 5.74) is -1.56. The van der Waals surface area contributed by atoms with Crippen molar-refractivity contribution in [2.24, 2.45) is 0 Å². The maximum absolute atomic E-state index is 13.8. The molecule has 2 fully saturated rings. The molecule has 10 atom stereocenters. The second-order valence-corrected chi connectivity index (χ2v) is 10.6. The lowest BCUT2D eigenvalue weighted by Crippen LogP contribution is -2.65. The first-order valence-corrected chi connectivity index (χ1v) is 13.7. The molecule has 18 heteroatoms. The molecule has 11 N–H and O–H groups in total. The number of benzene rings is 2. The van der Waals surface area contributed by atoms with E-state index in [1.807, 2.05) is 0 Å². The number of ether oxygens (including phenoxy) is 5. The predicted molar refractivity (Wildman–Crippen MR) is 148 cm³/mol. The van der Waals surface area contributed by atoms with Crippen molar-refractivity contribution < 1.29 is 84.3 Å². The van der Waals surface area contributed by atoms with E-state index in [0.717, 1.165) is 25.3 Å². The Bertz CT molecular complexity index is 1620. The molecular formula is C28H32O18. The van der Waals surface area contributed by atoms with Crippen molar-refractivity contribution in [3.05, 3.63) is 34.5 Å². The lowest BCUT2D eigenvalue weighted by molar-refractivity contribution is -0.352. The molecule has 2 aromatic carbocycles. The maximum atomic E-state index is 13.8. The normalized spacial score (nSPS) is 31.6. The minimum atomic E-state index is -2.07. The summed E-state index contributed by atoms with van der Waals surface area (Å²) in [6.07, 6.45) is -17.9. The molecule has 0 saturated carbocycles. The summed E-state index contributed by atoms with van der Waals surface area (Å²) in [4.78, 5) is 13.8. The van der Waals surface area contributed by atoms with E-state index in [4.69, 9.17) is 28.1 Å². The van der Waals surface area contributed by atoms with Gasteiger partial charge in [-0.15, -0.1) is 0 Å². The Morgan fingerprint density at radius 2 is 1.39 bits per heavy atom. The Labute approximate surface area is 257 Å². The summed E-state index contributed by atoms with van der Waals surface area (Å²) in [6.45, 7) is -1.69. The average Bonchev–Trinajstić information content (AvgIpc) is 3.03. The van der Waals surface area contributed by atoms with Gasteiger partial charge in [0.15, 0.2) is 35.0 Å². The molecule has 0 bridgehead atoms. The van der Waals surface area contributed by atoms with Crippen LogP contribution in [0.25, 0.3) is 22.3 Å². The van der Waals surface area contributed by atoms with Crippen molar-refractivity contribution in [2.45, 2.75) is 61.4 Å². The summed E-state index contributed by atoms with van der Waals surface area (Å²) < 4.78 is 32.8. The number of fused-ring (bicyclic) bond motifs is 1. The molecule has 0 aliphatic carbocycles. The zero-order chi connectivity index (χ0) is 33.6. The van der Waals surface area contributed by atoms with Crippen LogP contribution in [0.15, 0.2) is 33.5 Å².